The minimum Gasteiger partial charge on any atom is -0.366 e. The van der Waals surface area contributed by atoms with Crippen molar-refractivity contribution in [3.8, 4) is 0 Å². The van der Waals surface area contributed by atoms with Gasteiger partial charge >= 0.3 is 0 Å². The fourth-order valence-corrected chi connectivity index (χ4v) is 2.99. The van der Waals surface area contributed by atoms with E-state index >= 15 is 0 Å². The van der Waals surface area contributed by atoms with E-state index in [1.165, 1.54) is 5.56 Å². The highest BCUT2D eigenvalue weighted by molar-refractivity contribution is 6.31. The van der Waals surface area contributed by atoms with E-state index in [1.54, 1.807) is 18.2 Å². The van der Waals surface area contributed by atoms with Crippen LogP contribution in [0.1, 0.15) is 5.56 Å². The number of halogens is 2. The van der Waals surface area contributed by atoms with Gasteiger partial charge in [-0.3, -0.25) is 0 Å². The summed E-state index contributed by atoms with van der Waals surface area (Å²) in [5, 5.41) is 3.69. The van der Waals surface area contributed by atoms with Gasteiger partial charge in [-0.25, -0.2) is 4.39 Å². The van der Waals surface area contributed by atoms with Gasteiger partial charge in [0.25, 0.3) is 0 Å². The van der Waals surface area contributed by atoms with E-state index in [2.05, 4.69) is 22.3 Å². The van der Waals surface area contributed by atoms with Crippen LogP contribution in [0.15, 0.2) is 48.5 Å². The molecule has 1 aliphatic heterocycles. The van der Waals surface area contributed by atoms with Crippen LogP contribution in [0.4, 0.5) is 10.1 Å². The van der Waals surface area contributed by atoms with E-state index in [-0.39, 0.29) is 10.8 Å². The van der Waals surface area contributed by atoms with E-state index < -0.39 is 0 Å². The fourth-order valence-electron chi connectivity index (χ4n) is 2.82. The summed E-state index contributed by atoms with van der Waals surface area (Å²) < 4.78 is 14.1. The fraction of sp³-hybridized carbons (Fsp3) is 0.294. The predicted octanol–water partition coefficient (Wildman–Crippen LogP) is 3.50. The van der Waals surface area contributed by atoms with E-state index in [4.69, 9.17) is 11.6 Å². The third kappa shape index (κ3) is 3.36. The molecular formula is C17H18ClFN2. The van der Waals surface area contributed by atoms with Crippen LogP contribution < -0.4 is 10.2 Å². The lowest BCUT2D eigenvalue weighted by Crippen LogP contribution is -2.51. The van der Waals surface area contributed by atoms with Crippen molar-refractivity contribution in [2.75, 3.05) is 24.5 Å². The lowest BCUT2D eigenvalue weighted by atomic mass is 10.0. The topological polar surface area (TPSA) is 15.3 Å². The molecule has 4 heteroatoms. The third-order valence-electron chi connectivity index (χ3n) is 3.85. The van der Waals surface area contributed by atoms with Crippen molar-refractivity contribution in [1.82, 2.24) is 5.32 Å². The molecule has 1 saturated heterocycles. The number of nitrogens with one attached hydrogen (secondary N) is 1. The first-order chi connectivity index (χ1) is 10.2. The van der Waals surface area contributed by atoms with E-state index in [0.29, 0.717) is 11.7 Å². The van der Waals surface area contributed by atoms with E-state index in [9.17, 15) is 4.39 Å². The lowest BCUT2D eigenvalue weighted by molar-refractivity contribution is 0.450. The number of hydrogen-bond donors (Lipinski definition) is 1. The zero-order chi connectivity index (χ0) is 14.7. The summed E-state index contributed by atoms with van der Waals surface area (Å²) in [5.74, 6) is -0.320. The van der Waals surface area contributed by atoms with Crippen molar-refractivity contribution in [3.63, 3.8) is 0 Å². The first-order valence-electron chi connectivity index (χ1n) is 7.20. The molecule has 0 radical (unpaired) electrons. The van der Waals surface area contributed by atoms with Gasteiger partial charge in [0.2, 0.25) is 0 Å². The SMILES string of the molecule is Fc1c(Cl)cccc1N1CCNC(Cc2ccccc2)C1. The molecule has 1 aliphatic rings. The highest BCUT2D eigenvalue weighted by atomic mass is 35.5. The summed E-state index contributed by atoms with van der Waals surface area (Å²) in [6, 6.07) is 15.9. The van der Waals surface area contributed by atoms with E-state index in [0.717, 1.165) is 26.1 Å². The van der Waals surface area contributed by atoms with Crippen LogP contribution in [0.25, 0.3) is 0 Å². The summed E-state index contributed by atoms with van der Waals surface area (Å²) in [6.07, 6.45) is 0.944. The molecular weight excluding hydrogens is 287 g/mol. The predicted molar refractivity (Wildman–Crippen MR) is 85.6 cm³/mol. The van der Waals surface area contributed by atoms with Gasteiger partial charge < -0.3 is 10.2 Å². The van der Waals surface area contributed by atoms with Gasteiger partial charge in [0.1, 0.15) is 0 Å². The van der Waals surface area contributed by atoms with Crippen LogP contribution in [0.5, 0.6) is 0 Å². The molecule has 3 rings (SSSR count). The van der Waals surface area contributed by atoms with Crippen LogP contribution in [0.2, 0.25) is 5.02 Å². The standard InChI is InChI=1S/C17H18ClFN2/c18-15-7-4-8-16(17(15)19)21-10-9-20-14(12-21)11-13-5-2-1-3-6-13/h1-8,14,20H,9-12H2. The molecule has 2 nitrogen and oxygen atoms in total. The number of piperazine rings is 1. The average molecular weight is 305 g/mol. The van der Waals surface area contributed by atoms with Crippen LogP contribution in [-0.2, 0) is 6.42 Å². The van der Waals surface area contributed by atoms with E-state index in [1.807, 2.05) is 18.2 Å². The Bertz CT molecular complexity index is 603. The number of benzene rings is 2. The third-order valence-corrected chi connectivity index (χ3v) is 4.14. The van der Waals surface area contributed by atoms with Crippen LogP contribution in [0.3, 0.4) is 0 Å². The highest BCUT2D eigenvalue weighted by Crippen LogP contribution is 2.26. The Kier molecular flexibility index (Phi) is 4.42. The number of rotatable bonds is 3. The molecule has 0 spiro atoms. The molecule has 110 valence electrons. The zero-order valence-electron chi connectivity index (χ0n) is 11.7. The molecule has 0 amide bonds. The maximum absolute atomic E-state index is 14.1. The normalized spacial score (nSPS) is 18.8. The molecule has 0 saturated carbocycles. The smallest absolute Gasteiger partial charge is 0.165 e. The number of nitrogens with zero attached hydrogens (tertiary/aromatic N) is 1. The van der Waals surface area contributed by atoms with Gasteiger partial charge in [0, 0.05) is 25.7 Å². The van der Waals surface area contributed by atoms with Gasteiger partial charge in [-0.2, -0.15) is 0 Å². The van der Waals surface area contributed by atoms with Gasteiger partial charge in [0.05, 0.1) is 10.7 Å². The molecule has 0 aliphatic carbocycles. The van der Waals surface area contributed by atoms with Gasteiger partial charge in [-0.1, -0.05) is 48.0 Å². The molecule has 0 bridgehead atoms. The molecule has 21 heavy (non-hydrogen) atoms. The minimum atomic E-state index is -0.320. The average Bonchev–Trinajstić information content (AvgIpc) is 2.51. The van der Waals surface area contributed by atoms with Crippen molar-refractivity contribution >= 4 is 17.3 Å². The molecule has 1 unspecified atom stereocenters. The Labute approximate surface area is 129 Å². The van der Waals surface area contributed by atoms with Crippen molar-refractivity contribution in [1.29, 1.82) is 0 Å². The highest BCUT2D eigenvalue weighted by Gasteiger charge is 2.22. The van der Waals surface area contributed by atoms with Crippen molar-refractivity contribution in [3.05, 3.63) is 64.9 Å². The van der Waals surface area contributed by atoms with Crippen LogP contribution in [0, 0.1) is 5.82 Å². The number of hydrogen-bond acceptors (Lipinski definition) is 2. The zero-order valence-corrected chi connectivity index (χ0v) is 12.5. The Hall–Kier alpha value is -1.58. The molecule has 2 aromatic rings. The Morgan fingerprint density at radius 2 is 1.95 bits per heavy atom. The van der Waals surface area contributed by atoms with Crippen molar-refractivity contribution in [2.24, 2.45) is 0 Å². The molecule has 1 N–H and O–H groups in total. The molecule has 1 fully saturated rings. The quantitative estimate of drug-likeness (QED) is 0.933. The second kappa shape index (κ2) is 6.46. The van der Waals surface area contributed by atoms with Crippen LogP contribution >= 0.6 is 11.6 Å². The minimum absolute atomic E-state index is 0.186. The largest absolute Gasteiger partial charge is 0.366 e. The maximum atomic E-state index is 14.1. The Morgan fingerprint density at radius 3 is 2.76 bits per heavy atom. The Balaban J connectivity index is 1.72. The van der Waals surface area contributed by atoms with Crippen molar-refractivity contribution < 1.29 is 4.39 Å². The van der Waals surface area contributed by atoms with Gasteiger partial charge in [-0.15, -0.1) is 0 Å². The summed E-state index contributed by atoms with van der Waals surface area (Å²) in [5.41, 5.74) is 1.89. The summed E-state index contributed by atoms with van der Waals surface area (Å²) in [4.78, 5) is 2.07. The second-order valence-corrected chi connectivity index (χ2v) is 5.77. The molecule has 1 heterocycles. The van der Waals surface area contributed by atoms with Gasteiger partial charge in [-0.05, 0) is 24.1 Å². The lowest BCUT2D eigenvalue weighted by Gasteiger charge is -2.35. The molecule has 0 aromatic heterocycles. The molecule has 1 atom stereocenters. The Morgan fingerprint density at radius 1 is 1.14 bits per heavy atom. The van der Waals surface area contributed by atoms with Crippen molar-refractivity contribution in [2.45, 2.75) is 12.5 Å². The number of anilines is 1. The summed E-state index contributed by atoms with van der Waals surface area (Å²) in [7, 11) is 0. The summed E-state index contributed by atoms with van der Waals surface area (Å²) >= 11 is 5.88. The first-order valence-corrected chi connectivity index (χ1v) is 7.58. The maximum Gasteiger partial charge on any atom is 0.165 e. The second-order valence-electron chi connectivity index (χ2n) is 5.36. The summed E-state index contributed by atoms with van der Waals surface area (Å²) in [6.45, 7) is 2.43. The monoisotopic (exact) mass is 304 g/mol. The van der Waals surface area contributed by atoms with Crippen LogP contribution in [-0.4, -0.2) is 25.7 Å². The van der Waals surface area contributed by atoms with Gasteiger partial charge in [0.15, 0.2) is 5.82 Å². The first kappa shape index (κ1) is 14.4. The molecule has 2 aromatic carbocycles.